The smallest absolute Gasteiger partial charge is 0.133 e. The second-order valence-electron chi connectivity index (χ2n) is 4.71. The van der Waals surface area contributed by atoms with E-state index in [0.717, 1.165) is 16.8 Å². The molecule has 0 aliphatic carbocycles. The Balaban J connectivity index is 2.04. The number of rotatable bonds is 2. The van der Waals surface area contributed by atoms with Crippen molar-refractivity contribution >= 4 is 11.3 Å². The lowest BCUT2D eigenvalue weighted by Crippen LogP contribution is -1.86. The van der Waals surface area contributed by atoms with Gasteiger partial charge in [0.25, 0.3) is 0 Å². The molecule has 0 saturated heterocycles. The molecule has 4 heteroatoms. The zero-order chi connectivity index (χ0) is 14.8. The van der Waals surface area contributed by atoms with Gasteiger partial charge in [0.05, 0.1) is 17.3 Å². The van der Waals surface area contributed by atoms with Gasteiger partial charge in [0.2, 0.25) is 0 Å². The quantitative estimate of drug-likeness (QED) is 0.681. The number of hydrogen-bond donors (Lipinski definition) is 0. The van der Waals surface area contributed by atoms with Gasteiger partial charge in [-0.1, -0.05) is 23.8 Å². The second kappa shape index (κ2) is 5.47. The molecule has 0 spiro atoms. The van der Waals surface area contributed by atoms with Crippen LogP contribution in [0.5, 0.6) is 0 Å². The van der Waals surface area contributed by atoms with Crippen molar-refractivity contribution in [3.05, 3.63) is 64.8 Å². The van der Waals surface area contributed by atoms with E-state index in [1.54, 1.807) is 24.3 Å². The van der Waals surface area contributed by atoms with Gasteiger partial charge in [0.15, 0.2) is 0 Å². The molecule has 0 N–H and O–H groups in total. The fraction of sp³-hybridized carbons (Fsp3) is 0.0588. The van der Waals surface area contributed by atoms with Crippen LogP contribution < -0.4 is 0 Å². The molecule has 102 valence electrons. The van der Waals surface area contributed by atoms with E-state index in [4.69, 9.17) is 5.26 Å². The highest BCUT2D eigenvalue weighted by atomic mass is 32.1. The molecule has 0 unspecified atom stereocenters. The summed E-state index contributed by atoms with van der Waals surface area (Å²) < 4.78 is 13.9. The summed E-state index contributed by atoms with van der Waals surface area (Å²) in [7, 11) is 0. The van der Waals surface area contributed by atoms with Crippen molar-refractivity contribution in [3.8, 4) is 27.9 Å². The average Bonchev–Trinajstić information content (AvgIpc) is 2.99. The molecule has 2 nitrogen and oxygen atoms in total. The van der Waals surface area contributed by atoms with Gasteiger partial charge in [-0.3, -0.25) is 0 Å². The van der Waals surface area contributed by atoms with Gasteiger partial charge < -0.3 is 0 Å². The lowest BCUT2D eigenvalue weighted by Gasteiger charge is -2.01. The minimum absolute atomic E-state index is 0.271. The minimum Gasteiger partial charge on any atom is -0.236 e. The number of nitriles is 1. The molecule has 21 heavy (non-hydrogen) atoms. The topological polar surface area (TPSA) is 36.7 Å². The van der Waals surface area contributed by atoms with Crippen LogP contribution >= 0.6 is 11.3 Å². The number of thiazole rings is 1. The van der Waals surface area contributed by atoms with Gasteiger partial charge >= 0.3 is 0 Å². The molecule has 3 rings (SSSR count). The van der Waals surface area contributed by atoms with E-state index < -0.39 is 0 Å². The number of aromatic nitrogens is 1. The Morgan fingerprint density at radius 1 is 1.19 bits per heavy atom. The lowest BCUT2D eigenvalue weighted by molar-refractivity contribution is 0.631. The highest BCUT2D eigenvalue weighted by Crippen LogP contribution is 2.31. The molecular formula is C17H11FN2S. The maximum atomic E-state index is 13.9. The zero-order valence-electron chi connectivity index (χ0n) is 11.3. The van der Waals surface area contributed by atoms with Crippen molar-refractivity contribution in [3.63, 3.8) is 0 Å². The van der Waals surface area contributed by atoms with E-state index >= 15 is 0 Å². The number of halogens is 1. The average molecular weight is 294 g/mol. The van der Waals surface area contributed by atoms with Crippen molar-refractivity contribution in [2.45, 2.75) is 6.92 Å². The van der Waals surface area contributed by atoms with Gasteiger partial charge in [-0.15, -0.1) is 11.3 Å². The summed E-state index contributed by atoms with van der Waals surface area (Å²) in [6.45, 7) is 1.92. The summed E-state index contributed by atoms with van der Waals surface area (Å²) in [6, 6.07) is 14.3. The molecular weight excluding hydrogens is 283 g/mol. The molecule has 0 bridgehead atoms. The molecule has 1 heterocycles. The standard InChI is InChI=1S/C17H11FN2S/c1-11-5-6-15(18)14(7-11)17-20-16(10-21-17)13-4-2-3-12(8-13)9-19/h2-8,10H,1H3. The Morgan fingerprint density at radius 2 is 2.05 bits per heavy atom. The van der Waals surface area contributed by atoms with E-state index in [2.05, 4.69) is 11.1 Å². The van der Waals surface area contributed by atoms with Crippen LogP contribution in [0, 0.1) is 24.1 Å². The Kier molecular flexibility index (Phi) is 3.51. The molecule has 0 amide bonds. The summed E-state index contributed by atoms with van der Waals surface area (Å²) in [4.78, 5) is 4.50. The fourth-order valence-corrected chi connectivity index (χ4v) is 2.93. The fourth-order valence-electron chi connectivity index (χ4n) is 2.08. The third-order valence-electron chi connectivity index (χ3n) is 3.14. The third kappa shape index (κ3) is 2.69. The molecule has 3 aromatic rings. The number of hydrogen-bond acceptors (Lipinski definition) is 3. The highest BCUT2D eigenvalue weighted by molar-refractivity contribution is 7.13. The maximum absolute atomic E-state index is 13.9. The summed E-state index contributed by atoms with van der Waals surface area (Å²) in [5.41, 5.74) is 3.72. The van der Waals surface area contributed by atoms with Gasteiger partial charge in [0.1, 0.15) is 10.8 Å². The predicted octanol–water partition coefficient (Wildman–Crippen LogP) is 4.80. The van der Waals surface area contributed by atoms with Crippen molar-refractivity contribution in [1.82, 2.24) is 4.98 Å². The normalized spacial score (nSPS) is 10.3. The van der Waals surface area contributed by atoms with Gasteiger partial charge in [-0.25, -0.2) is 9.37 Å². The first-order valence-electron chi connectivity index (χ1n) is 6.40. The summed E-state index contributed by atoms with van der Waals surface area (Å²) >= 11 is 1.40. The number of aryl methyl sites for hydroxylation is 1. The third-order valence-corrected chi connectivity index (χ3v) is 4.02. The van der Waals surface area contributed by atoms with Crippen LogP contribution in [0.25, 0.3) is 21.8 Å². The van der Waals surface area contributed by atoms with Gasteiger partial charge in [-0.05, 0) is 31.2 Å². The summed E-state index contributed by atoms with van der Waals surface area (Å²) in [5.74, 6) is -0.271. The Hall–Kier alpha value is -2.51. The maximum Gasteiger partial charge on any atom is 0.133 e. The van der Waals surface area contributed by atoms with Gasteiger partial charge in [-0.2, -0.15) is 5.26 Å². The van der Waals surface area contributed by atoms with Crippen LogP contribution in [0.1, 0.15) is 11.1 Å². The molecule has 0 atom stereocenters. The van der Waals surface area contributed by atoms with Crippen LogP contribution in [-0.2, 0) is 0 Å². The van der Waals surface area contributed by atoms with E-state index in [1.165, 1.54) is 17.4 Å². The highest BCUT2D eigenvalue weighted by Gasteiger charge is 2.11. The Labute approximate surface area is 126 Å². The lowest BCUT2D eigenvalue weighted by atomic mass is 10.1. The van der Waals surface area contributed by atoms with E-state index in [-0.39, 0.29) is 5.82 Å². The van der Waals surface area contributed by atoms with Crippen LogP contribution in [0.4, 0.5) is 4.39 Å². The summed E-state index contributed by atoms with van der Waals surface area (Å²) in [6.07, 6.45) is 0. The van der Waals surface area contributed by atoms with Crippen molar-refractivity contribution in [1.29, 1.82) is 5.26 Å². The SMILES string of the molecule is Cc1ccc(F)c(-c2nc(-c3cccc(C#N)c3)cs2)c1. The van der Waals surface area contributed by atoms with Crippen molar-refractivity contribution < 1.29 is 4.39 Å². The molecule has 0 fully saturated rings. The predicted molar refractivity (Wildman–Crippen MR) is 82.4 cm³/mol. The summed E-state index contributed by atoms with van der Waals surface area (Å²) in [5, 5.41) is 11.5. The Bertz CT molecular complexity index is 846. The Morgan fingerprint density at radius 3 is 2.86 bits per heavy atom. The van der Waals surface area contributed by atoms with Crippen LogP contribution in [-0.4, -0.2) is 4.98 Å². The van der Waals surface area contributed by atoms with Crippen LogP contribution in [0.2, 0.25) is 0 Å². The first-order chi connectivity index (χ1) is 10.2. The van der Waals surface area contributed by atoms with Crippen LogP contribution in [0.15, 0.2) is 47.8 Å². The van der Waals surface area contributed by atoms with Crippen molar-refractivity contribution in [2.24, 2.45) is 0 Å². The van der Waals surface area contributed by atoms with Crippen molar-refractivity contribution in [2.75, 3.05) is 0 Å². The first-order valence-corrected chi connectivity index (χ1v) is 7.28. The zero-order valence-corrected chi connectivity index (χ0v) is 12.1. The first kappa shape index (κ1) is 13.5. The second-order valence-corrected chi connectivity index (χ2v) is 5.57. The van der Waals surface area contributed by atoms with Crippen LogP contribution in [0.3, 0.4) is 0 Å². The van der Waals surface area contributed by atoms with E-state index in [9.17, 15) is 4.39 Å². The molecule has 1 aromatic heterocycles. The molecule has 0 radical (unpaired) electrons. The monoisotopic (exact) mass is 294 g/mol. The molecule has 0 aliphatic rings. The van der Waals surface area contributed by atoms with E-state index in [0.29, 0.717) is 16.1 Å². The number of nitrogens with zero attached hydrogens (tertiary/aromatic N) is 2. The molecule has 0 aliphatic heterocycles. The van der Waals surface area contributed by atoms with Gasteiger partial charge in [0, 0.05) is 16.5 Å². The van der Waals surface area contributed by atoms with E-state index in [1.807, 2.05) is 24.4 Å². The minimum atomic E-state index is -0.271. The molecule has 2 aromatic carbocycles. The number of benzene rings is 2. The largest absolute Gasteiger partial charge is 0.236 e. The molecule has 0 saturated carbocycles.